The number of nitrogen functional groups attached to an aromatic ring is 1. The molecule has 0 heterocycles. The molecule has 0 aliphatic carbocycles. The zero-order chi connectivity index (χ0) is 15.0. The van der Waals surface area contributed by atoms with Crippen LogP contribution in [0.15, 0.2) is 18.2 Å². The van der Waals surface area contributed by atoms with Gasteiger partial charge in [0.05, 0.1) is 23.5 Å². The summed E-state index contributed by atoms with van der Waals surface area (Å²) in [7, 11) is 1.56. The largest absolute Gasteiger partial charge is 0.478 e. The van der Waals surface area contributed by atoms with Gasteiger partial charge in [-0.05, 0) is 18.2 Å². The molecule has 1 rings (SSSR count). The van der Waals surface area contributed by atoms with E-state index in [0.29, 0.717) is 31.1 Å². The van der Waals surface area contributed by atoms with Crippen LogP contribution in [0, 0.1) is 0 Å². The molecule has 0 bridgehead atoms. The third-order valence-corrected chi connectivity index (χ3v) is 2.60. The number of hydrogen-bond donors (Lipinski definition) is 4. The van der Waals surface area contributed by atoms with Crippen LogP contribution in [0.3, 0.4) is 0 Å². The average Bonchev–Trinajstić information content (AvgIpc) is 2.41. The quantitative estimate of drug-likeness (QED) is 0.408. The maximum absolute atomic E-state index is 11.4. The summed E-state index contributed by atoms with van der Waals surface area (Å²) in [6.07, 6.45) is 0.264. The highest BCUT2D eigenvalue weighted by molar-refractivity contribution is 5.90. The van der Waals surface area contributed by atoms with Crippen LogP contribution < -0.4 is 16.4 Å². The number of rotatable bonds is 8. The van der Waals surface area contributed by atoms with E-state index in [2.05, 4.69) is 10.6 Å². The molecule has 0 radical (unpaired) electrons. The van der Waals surface area contributed by atoms with E-state index in [1.807, 2.05) is 0 Å². The van der Waals surface area contributed by atoms with Crippen molar-refractivity contribution in [3.05, 3.63) is 23.8 Å². The minimum absolute atomic E-state index is 0.109. The van der Waals surface area contributed by atoms with Crippen molar-refractivity contribution in [2.45, 2.75) is 6.42 Å². The summed E-state index contributed by atoms with van der Waals surface area (Å²) in [4.78, 5) is 22.3. The normalized spacial score (nSPS) is 10.1. The fourth-order valence-electron chi connectivity index (χ4n) is 1.53. The van der Waals surface area contributed by atoms with Crippen molar-refractivity contribution >= 4 is 23.3 Å². The molecule has 0 atom stereocenters. The first-order valence-corrected chi connectivity index (χ1v) is 6.17. The predicted molar refractivity (Wildman–Crippen MR) is 75.8 cm³/mol. The lowest BCUT2D eigenvalue weighted by Crippen LogP contribution is -2.28. The van der Waals surface area contributed by atoms with E-state index in [0.717, 1.165) is 0 Å². The zero-order valence-electron chi connectivity index (χ0n) is 11.3. The van der Waals surface area contributed by atoms with Crippen LogP contribution in [0.25, 0.3) is 0 Å². The molecule has 0 spiro atoms. The summed E-state index contributed by atoms with van der Waals surface area (Å²) in [6.45, 7) is 1.30. The van der Waals surface area contributed by atoms with Gasteiger partial charge in [0, 0.05) is 26.6 Å². The summed E-state index contributed by atoms with van der Waals surface area (Å²) >= 11 is 0. The monoisotopic (exact) mass is 281 g/mol. The van der Waals surface area contributed by atoms with E-state index in [1.54, 1.807) is 7.11 Å². The number of carbonyl (C=O) groups excluding carboxylic acids is 1. The van der Waals surface area contributed by atoms with Crippen molar-refractivity contribution < 1.29 is 19.4 Å². The molecular weight excluding hydrogens is 262 g/mol. The highest BCUT2D eigenvalue weighted by Crippen LogP contribution is 2.19. The number of carboxylic acids is 1. The second kappa shape index (κ2) is 8.00. The van der Waals surface area contributed by atoms with Gasteiger partial charge in [-0.3, -0.25) is 4.79 Å². The van der Waals surface area contributed by atoms with Gasteiger partial charge in [-0.2, -0.15) is 0 Å². The number of nitrogens with two attached hydrogens (primary N) is 1. The third kappa shape index (κ3) is 5.15. The molecule has 7 heteroatoms. The van der Waals surface area contributed by atoms with Crippen LogP contribution in [-0.4, -0.2) is 43.8 Å². The molecule has 0 aromatic heterocycles. The van der Waals surface area contributed by atoms with Gasteiger partial charge in [-0.25, -0.2) is 4.79 Å². The van der Waals surface area contributed by atoms with E-state index < -0.39 is 5.97 Å². The molecule has 1 aromatic rings. The fraction of sp³-hybridized carbons (Fsp3) is 0.385. The second-order valence-electron chi connectivity index (χ2n) is 4.13. The fourth-order valence-corrected chi connectivity index (χ4v) is 1.53. The summed E-state index contributed by atoms with van der Waals surface area (Å²) in [6, 6.07) is 4.39. The standard InChI is InChI=1S/C13H19N3O4/c1-20-7-6-16-12(17)4-5-15-11-8-9(13(18)19)2-3-10(11)14/h2-3,8,15H,4-7,14H2,1H3,(H,16,17)(H,18,19). The number of anilines is 2. The van der Waals surface area contributed by atoms with E-state index in [-0.39, 0.29) is 17.9 Å². The number of ether oxygens (including phenoxy) is 1. The third-order valence-electron chi connectivity index (χ3n) is 2.60. The number of aromatic carboxylic acids is 1. The first-order valence-electron chi connectivity index (χ1n) is 6.17. The molecule has 0 unspecified atom stereocenters. The van der Waals surface area contributed by atoms with Crippen molar-refractivity contribution in [2.24, 2.45) is 0 Å². The Morgan fingerprint density at radius 3 is 2.75 bits per heavy atom. The topological polar surface area (TPSA) is 114 Å². The summed E-state index contributed by atoms with van der Waals surface area (Å²) < 4.78 is 4.81. The molecule has 110 valence electrons. The molecule has 5 N–H and O–H groups in total. The number of carboxylic acid groups (broad SMARTS) is 1. The van der Waals surface area contributed by atoms with Crippen molar-refractivity contribution in [3.63, 3.8) is 0 Å². The Hall–Kier alpha value is -2.28. The first-order chi connectivity index (χ1) is 9.54. The summed E-state index contributed by atoms with van der Waals surface area (Å²) in [5.41, 5.74) is 6.83. The number of carbonyl (C=O) groups is 2. The molecule has 1 amide bonds. The van der Waals surface area contributed by atoms with E-state index in [1.165, 1.54) is 18.2 Å². The Balaban J connectivity index is 2.43. The molecular formula is C13H19N3O4. The van der Waals surface area contributed by atoms with E-state index in [9.17, 15) is 9.59 Å². The van der Waals surface area contributed by atoms with Crippen LogP contribution in [-0.2, 0) is 9.53 Å². The SMILES string of the molecule is COCCNC(=O)CCNc1cc(C(=O)O)ccc1N. The van der Waals surface area contributed by atoms with Gasteiger partial charge in [0.1, 0.15) is 0 Å². The molecule has 7 nitrogen and oxygen atoms in total. The van der Waals surface area contributed by atoms with Crippen LogP contribution in [0.2, 0.25) is 0 Å². The van der Waals surface area contributed by atoms with Gasteiger partial charge in [0.25, 0.3) is 0 Å². The van der Waals surface area contributed by atoms with Gasteiger partial charge < -0.3 is 26.2 Å². The van der Waals surface area contributed by atoms with Crippen molar-refractivity contribution in [1.82, 2.24) is 5.32 Å². The van der Waals surface area contributed by atoms with Gasteiger partial charge in [0.2, 0.25) is 5.91 Å². The molecule has 0 aliphatic rings. The highest BCUT2D eigenvalue weighted by atomic mass is 16.5. The number of benzene rings is 1. The smallest absolute Gasteiger partial charge is 0.335 e. The number of amides is 1. The Labute approximate surface area is 117 Å². The molecule has 1 aromatic carbocycles. The Bertz CT molecular complexity index is 477. The molecule has 0 fully saturated rings. The van der Waals surface area contributed by atoms with Crippen LogP contribution in [0.1, 0.15) is 16.8 Å². The molecule has 20 heavy (non-hydrogen) atoms. The highest BCUT2D eigenvalue weighted by Gasteiger charge is 2.07. The van der Waals surface area contributed by atoms with E-state index >= 15 is 0 Å². The average molecular weight is 281 g/mol. The van der Waals surface area contributed by atoms with Crippen molar-refractivity contribution in [3.8, 4) is 0 Å². The lowest BCUT2D eigenvalue weighted by Gasteiger charge is -2.10. The predicted octanol–water partition coefficient (Wildman–Crippen LogP) is 0.532. The van der Waals surface area contributed by atoms with Gasteiger partial charge >= 0.3 is 5.97 Å². The molecule has 0 saturated carbocycles. The second-order valence-corrected chi connectivity index (χ2v) is 4.13. The summed E-state index contributed by atoms with van der Waals surface area (Å²) in [5, 5.41) is 14.5. The minimum Gasteiger partial charge on any atom is -0.478 e. The van der Waals surface area contributed by atoms with E-state index in [4.69, 9.17) is 15.6 Å². The zero-order valence-corrected chi connectivity index (χ0v) is 11.3. The van der Waals surface area contributed by atoms with Gasteiger partial charge in [-0.15, -0.1) is 0 Å². The maximum atomic E-state index is 11.4. The number of methoxy groups -OCH3 is 1. The first kappa shape index (κ1) is 15.8. The van der Waals surface area contributed by atoms with Crippen LogP contribution in [0.4, 0.5) is 11.4 Å². The lowest BCUT2D eigenvalue weighted by atomic mass is 10.1. The Kier molecular flexibility index (Phi) is 6.31. The molecule has 0 saturated heterocycles. The van der Waals surface area contributed by atoms with Crippen molar-refractivity contribution in [2.75, 3.05) is 37.9 Å². The van der Waals surface area contributed by atoms with Crippen LogP contribution >= 0.6 is 0 Å². The minimum atomic E-state index is -1.02. The summed E-state index contributed by atoms with van der Waals surface area (Å²) in [5.74, 6) is -1.13. The Morgan fingerprint density at radius 1 is 1.35 bits per heavy atom. The Morgan fingerprint density at radius 2 is 2.10 bits per heavy atom. The van der Waals surface area contributed by atoms with Gasteiger partial charge in [0.15, 0.2) is 0 Å². The maximum Gasteiger partial charge on any atom is 0.335 e. The lowest BCUT2D eigenvalue weighted by molar-refractivity contribution is -0.121. The van der Waals surface area contributed by atoms with Crippen molar-refractivity contribution in [1.29, 1.82) is 0 Å². The van der Waals surface area contributed by atoms with Crippen LogP contribution in [0.5, 0.6) is 0 Å². The number of hydrogen-bond acceptors (Lipinski definition) is 5. The number of nitrogens with one attached hydrogen (secondary N) is 2. The van der Waals surface area contributed by atoms with Gasteiger partial charge in [-0.1, -0.05) is 0 Å². The molecule has 0 aliphatic heterocycles.